The molecule has 3 atom stereocenters. The summed E-state index contributed by atoms with van der Waals surface area (Å²) in [7, 11) is 1.89. The first-order valence-electron chi connectivity index (χ1n) is 9.22. The summed E-state index contributed by atoms with van der Waals surface area (Å²) in [5.74, 6) is 1.53. The van der Waals surface area contributed by atoms with Crippen molar-refractivity contribution in [1.29, 1.82) is 0 Å². The first-order valence-corrected chi connectivity index (χ1v) is 9.22. The Morgan fingerprint density at radius 3 is 2.75 bits per heavy atom. The van der Waals surface area contributed by atoms with Crippen molar-refractivity contribution < 1.29 is 9.53 Å². The lowest BCUT2D eigenvalue weighted by atomic mass is 9.80. The third-order valence-electron chi connectivity index (χ3n) is 5.36. The molecule has 2 N–H and O–H groups in total. The minimum atomic E-state index is -0.0151. The fourth-order valence-electron chi connectivity index (χ4n) is 4.26. The molecule has 1 aliphatic carbocycles. The molecular weight excluding hydrogens is 302 g/mol. The number of nitrogens with one attached hydrogen (secondary N) is 2. The first kappa shape index (κ1) is 17.2. The number of hydrogen-bond donors (Lipinski definition) is 2. The van der Waals surface area contributed by atoms with E-state index in [-0.39, 0.29) is 24.2 Å². The standard InChI is InChI=1S/C19H29N3O2/c1-13(23)22-15-11-17(14-7-4-3-5-8-14)24-18(12-15)16-9-6-10-21-19(16)20-2/h6,9-10,14-15,17-18H,3-5,7-8,11-12H2,1-2H3,(H,20,21)(H,22,23)/t15-,17-,18+/m1/s1. The molecular formula is C19H29N3O2. The number of aromatic nitrogens is 1. The summed E-state index contributed by atoms with van der Waals surface area (Å²) in [6.07, 6.45) is 10.2. The predicted molar refractivity (Wildman–Crippen MR) is 94.8 cm³/mol. The van der Waals surface area contributed by atoms with Crippen LogP contribution in [0.1, 0.15) is 63.5 Å². The number of nitrogens with zero attached hydrogens (tertiary/aromatic N) is 1. The van der Waals surface area contributed by atoms with Gasteiger partial charge in [0.15, 0.2) is 0 Å². The molecule has 0 bridgehead atoms. The second-order valence-electron chi connectivity index (χ2n) is 7.12. The lowest BCUT2D eigenvalue weighted by Crippen LogP contribution is -2.45. The summed E-state index contributed by atoms with van der Waals surface area (Å²) >= 11 is 0. The average Bonchev–Trinajstić information content (AvgIpc) is 2.61. The van der Waals surface area contributed by atoms with Crippen molar-refractivity contribution in [3.8, 4) is 0 Å². The monoisotopic (exact) mass is 331 g/mol. The third kappa shape index (κ3) is 4.07. The Kier molecular flexibility index (Phi) is 5.72. The number of ether oxygens (including phenoxy) is 1. The molecule has 2 fully saturated rings. The van der Waals surface area contributed by atoms with Crippen LogP contribution in [0, 0.1) is 5.92 Å². The Morgan fingerprint density at radius 2 is 2.04 bits per heavy atom. The van der Waals surface area contributed by atoms with E-state index in [2.05, 4.69) is 21.7 Å². The molecule has 24 heavy (non-hydrogen) atoms. The van der Waals surface area contributed by atoms with Crippen molar-refractivity contribution in [2.75, 3.05) is 12.4 Å². The summed E-state index contributed by atoms with van der Waals surface area (Å²) < 4.78 is 6.53. The molecule has 1 saturated carbocycles. The summed E-state index contributed by atoms with van der Waals surface area (Å²) in [5.41, 5.74) is 1.09. The van der Waals surface area contributed by atoms with Gasteiger partial charge in [-0.15, -0.1) is 0 Å². The summed E-state index contributed by atoms with van der Waals surface area (Å²) in [6, 6.07) is 4.22. The number of pyridine rings is 1. The van der Waals surface area contributed by atoms with Gasteiger partial charge in [-0.2, -0.15) is 0 Å². The number of carbonyl (C=O) groups excluding carboxylic acids is 1. The van der Waals surface area contributed by atoms with E-state index in [0.717, 1.165) is 24.2 Å². The smallest absolute Gasteiger partial charge is 0.217 e. The molecule has 1 aromatic heterocycles. The van der Waals surface area contributed by atoms with Gasteiger partial charge in [-0.3, -0.25) is 4.79 Å². The van der Waals surface area contributed by atoms with E-state index in [9.17, 15) is 4.79 Å². The van der Waals surface area contributed by atoms with E-state index >= 15 is 0 Å². The van der Waals surface area contributed by atoms with Gasteiger partial charge in [0.05, 0.1) is 12.2 Å². The highest BCUT2D eigenvalue weighted by Crippen LogP contribution is 2.40. The predicted octanol–water partition coefficient (Wildman–Crippen LogP) is 3.43. The van der Waals surface area contributed by atoms with E-state index in [4.69, 9.17) is 4.74 Å². The van der Waals surface area contributed by atoms with Crippen molar-refractivity contribution in [1.82, 2.24) is 10.3 Å². The molecule has 1 amide bonds. The number of carbonyl (C=O) groups is 1. The van der Waals surface area contributed by atoms with Gasteiger partial charge >= 0.3 is 0 Å². The van der Waals surface area contributed by atoms with Crippen LogP contribution in [0.4, 0.5) is 5.82 Å². The molecule has 1 aromatic rings. The molecule has 1 aliphatic heterocycles. The third-order valence-corrected chi connectivity index (χ3v) is 5.36. The molecule has 3 rings (SSSR count). The number of anilines is 1. The van der Waals surface area contributed by atoms with E-state index < -0.39 is 0 Å². The van der Waals surface area contributed by atoms with Gasteiger partial charge in [-0.1, -0.05) is 25.3 Å². The number of amides is 1. The van der Waals surface area contributed by atoms with Gasteiger partial charge in [-0.05, 0) is 37.7 Å². The maximum absolute atomic E-state index is 11.6. The maximum atomic E-state index is 11.6. The van der Waals surface area contributed by atoms with E-state index in [1.807, 2.05) is 13.1 Å². The topological polar surface area (TPSA) is 63.2 Å². The van der Waals surface area contributed by atoms with Crippen LogP contribution in [0.25, 0.3) is 0 Å². The Hall–Kier alpha value is -1.62. The van der Waals surface area contributed by atoms with E-state index in [1.54, 1.807) is 13.1 Å². The van der Waals surface area contributed by atoms with Gasteiger partial charge in [0.1, 0.15) is 5.82 Å². The molecule has 1 saturated heterocycles. The zero-order chi connectivity index (χ0) is 16.9. The maximum Gasteiger partial charge on any atom is 0.217 e. The average molecular weight is 331 g/mol. The summed E-state index contributed by atoms with van der Waals surface area (Å²) in [5, 5.41) is 6.29. The summed E-state index contributed by atoms with van der Waals surface area (Å²) in [4.78, 5) is 16.0. The van der Waals surface area contributed by atoms with Crippen LogP contribution in [0.5, 0.6) is 0 Å². The van der Waals surface area contributed by atoms with Crippen molar-refractivity contribution >= 4 is 11.7 Å². The van der Waals surface area contributed by atoms with Crippen molar-refractivity contribution in [2.24, 2.45) is 5.92 Å². The normalized spacial score (nSPS) is 28.3. The quantitative estimate of drug-likeness (QED) is 0.887. The molecule has 0 radical (unpaired) electrons. The largest absolute Gasteiger partial charge is 0.373 e. The van der Waals surface area contributed by atoms with Gasteiger partial charge in [0, 0.05) is 31.8 Å². The molecule has 132 valence electrons. The van der Waals surface area contributed by atoms with Crippen LogP contribution < -0.4 is 10.6 Å². The van der Waals surface area contributed by atoms with Gasteiger partial charge in [0.2, 0.25) is 5.91 Å². The van der Waals surface area contributed by atoms with Crippen molar-refractivity contribution in [3.05, 3.63) is 23.9 Å². The van der Waals surface area contributed by atoms with Crippen LogP contribution in [0.3, 0.4) is 0 Å². The Bertz CT molecular complexity index is 557. The Morgan fingerprint density at radius 1 is 1.25 bits per heavy atom. The lowest BCUT2D eigenvalue weighted by Gasteiger charge is -2.41. The SMILES string of the molecule is CNc1ncccc1[C@@H]1C[C@H](NC(C)=O)C[C@H](C2CCCCC2)O1. The molecule has 2 aliphatic rings. The Balaban J connectivity index is 1.80. The zero-order valence-corrected chi connectivity index (χ0v) is 14.8. The highest BCUT2D eigenvalue weighted by atomic mass is 16.5. The van der Waals surface area contributed by atoms with Crippen LogP contribution >= 0.6 is 0 Å². The molecule has 2 heterocycles. The molecule has 5 heteroatoms. The number of hydrogen-bond acceptors (Lipinski definition) is 4. The highest BCUT2D eigenvalue weighted by molar-refractivity contribution is 5.73. The molecule has 0 spiro atoms. The van der Waals surface area contributed by atoms with Crippen LogP contribution in [-0.4, -0.2) is 30.1 Å². The fourth-order valence-corrected chi connectivity index (χ4v) is 4.26. The minimum absolute atomic E-state index is 0.0151. The summed E-state index contributed by atoms with van der Waals surface area (Å²) in [6.45, 7) is 1.60. The fraction of sp³-hybridized carbons (Fsp3) is 0.684. The molecule has 5 nitrogen and oxygen atoms in total. The number of rotatable bonds is 4. The first-order chi connectivity index (χ1) is 11.7. The lowest BCUT2D eigenvalue weighted by molar-refractivity contribution is -0.124. The molecule has 0 aromatic carbocycles. The van der Waals surface area contributed by atoms with E-state index in [0.29, 0.717) is 5.92 Å². The van der Waals surface area contributed by atoms with Crippen LogP contribution in [0.2, 0.25) is 0 Å². The van der Waals surface area contributed by atoms with Gasteiger partial charge in [0.25, 0.3) is 0 Å². The van der Waals surface area contributed by atoms with Crippen LogP contribution in [-0.2, 0) is 9.53 Å². The van der Waals surface area contributed by atoms with E-state index in [1.165, 1.54) is 32.1 Å². The Labute approximate surface area is 144 Å². The van der Waals surface area contributed by atoms with Crippen molar-refractivity contribution in [2.45, 2.75) is 70.1 Å². The van der Waals surface area contributed by atoms with Crippen molar-refractivity contribution in [3.63, 3.8) is 0 Å². The second kappa shape index (κ2) is 7.97. The minimum Gasteiger partial charge on any atom is -0.373 e. The van der Waals surface area contributed by atoms with Gasteiger partial charge < -0.3 is 15.4 Å². The molecule has 0 unspecified atom stereocenters. The zero-order valence-electron chi connectivity index (χ0n) is 14.8. The second-order valence-corrected chi connectivity index (χ2v) is 7.12. The van der Waals surface area contributed by atoms with Crippen LogP contribution in [0.15, 0.2) is 18.3 Å². The van der Waals surface area contributed by atoms with Gasteiger partial charge in [-0.25, -0.2) is 4.98 Å². The highest BCUT2D eigenvalue weighted by Gasteiger charge is 2.36.